The van der Waals surface area contributed by atoms with Crippen LogP contribution in [0.25, 0.3) is 0 Å². The largest absolute Gasteiger partial charge is 0.573 e. The standard InChI is InChI=1S/C22H15BrF8N2O6/c1-37-20(36)11-8-33(2-3-34)19(35)16(11)32-15-7-10(39-22(29,30)31)6-12(23)17(15)38-18-13(24)4-9(5-14(18)25)21(26,27)28/h4-7,32,34H,2-3,8H2,1H3. The number of anilines is 1. The number of rotatable bonds is 8. The average molecular weight is 635 g/mol. The molecule has 39 heavy (non-hydrogen) atoms. The molecule has 0 saturated heterocycles. The third kappa shape index (κ3) is 6.89. The van der Waals surface area contributed by atoms with Crippen molar-refractivity contribution in [3.8, 4) is 17.2 Å². The number of carbonyl (C=O) groups excluding carboxylic acids is 2. The van der Waals surface area contributed by atoms with Gasteiger partial charge >= 0.3 is 18.5 Å². The molecule has 0 radical (unpaired) electrons. The van der Waals surface area contributed by atoms with Crippen LogP contribution in [0.2, 0.25) is 0 Å². The number of amides is 1. The van der Waals surface area contributed by atoms with Gasteiger partial charge in [0.15, 0.2) is 23.1 Å². The molecule has 2 aromatic rings. The molecule has 2 N–H and O–H groups in total. The van der Waals surface area contributed by atoms with Gasteiger partial charge in [-0.15, -0.1) is 13.2 Å². The number of carbonyl (C=O) groups is 2. The van der Waals surface area contributed by atoms with Crippen molar-refractivity contribution < 1.29 is 64.0 Å². The van der Waals surface area contributed by atoms with Gasteiger partial charge < -0.3 is 29.5 Å². The molecule has 0 spiro atoms. The topological polar surface area (TPSA) is 97.3 Å². The van der Waals surface area contributed by atoms with Gasteiger partial charge in [-0.3, -0.25) is 4.79 Å². The Morgan fingerprint density at radius 3 is 2.21 bits per heavy atom. The number of hydrogen-bond acceptors (Lipinski definition) is 7. The highest BCUT2D eigenvalue weighted by atomic mass is 79.9. The Labute approximate surface area is 221 Å². The van der Waals surface area contributed by atoms with Gasteiger partial charge in [0.1, 0.15) is 11.4 Å². The third-order valence-corrected chi connectivity index (χ3v) is 5.58. The number of aliphatic hydroxyl groups excluding tert-OH is 1. The Kier molecular flexibility index (Phi) is 8.64. The van der Waals surface area contributed by atoms with Crippen LogP contribution < -0.4 is 14.8 Å². The summed E-state index contributed by atoms with van der Waals surface area (Å²) < 4.78 is 119. The zero-order chi connectivity index (χ0) is 29.3. The van der Waals surface area contributed by atoms with Gasteiger partial charge in [0.2, 0.25) is 0 Å². The van der Waals surface area contributed by atoms with Crippen molar-refractivity contribution in [3.05, 3.63) is 57.2 Å². The molecule has 0 bridgehead atoms. The number of nitrogens with one attached hydrogen (secondary N) is 1. The summed E-state index contributed by atoms with van der Waals surface area (Å²) in [5.74, 6) is -8.55. The molecule has 1 aliphatic heterocycles. The summed E-state index contributed by atoms with van der Waals surface area (Å²) in [5, 5.41) is 11.5. The van der Waals surface area contributed by atoms with Crippen LogP contribution in [-0.4, -0.2) is 55.1 Å². The predicted molar refractivity (Wildman–Crippen MR) is 119 cm³/mol. The van der Waals surface area contributed by atoms with E-state index in [4.69, 9.17) is 4.74 Å². The average Bonchev–Trinajstić information content (AvgIpc) is 3.10. The van der Waals surface area contributed by atoms with Crippen molar-refractivity contribution in [2.45, 2.75) is 12.5 Å². The first-order valence-corrected chi connectivity index (χ1v) is 11.2. The molecule has 17 heteroatoms. The molecular formula is C22H15BrF8N2O6. The number of aliphatic hydroxyl groups is 1. The summed E-state index contributed by atoms with van der Waals surface area (Å²) in [6, 6.07) is 1.13. The van der Waals surface area contributed by atoms with Crippen molar-refractivity contribution >= 4 is 33.5 Å². The smallest absolute Gasteiger partial charge is 0.466 e. The van der Waals surface area contributed by atoms with Gasteiger partial charge in [0.05, 0.1) is 41.6 Å². The molecular weight excluding hydrogens is 620 g/mol. The van der Waals surface area contributed by atoms with E-state index in [1.54, 1.807) is 0 Å². The van der Waals surface area contributed by atoms with Crippen LogP contribution in [0.1, 0.15) is 5.56 Å². The molecule has 3 rings (SSSR count). The molecule has 8 nitrogen and oxygen atoms in total. The summed E-state index contributed by atoms with van der Waals surface area (Å²) in [7, 11) is 0.977. The highest BCUT2D eigenvalue weighted by Gasteiger charge is 2.37. The maximum atomic E-state index is 14.5. The molecule has 1 heterocycles. The molecule has 1 aliphatic rings. The summed E-state index contributed by atoms with van der Waals surface area (Å²) >= 11 is 2.84. The quantitative estimate of drug-likeness (QED) is 0.308. The normalized spacial score (nSPS) is 14.1. The van der Waals surface area contributed by atoms with E-state index in [-0.39, 0.29) is 30.8 Å². The lowest BCUT2D eigenvalue weighted by molar-refractivity contribution is -0.274. The van der Waals surface area contributed by atoms with E-state index in [1.165, 1.54) is 0 Å². The Hall–Kier alpha value is -3.60. The van der Waals surface area contributed by atoms with Crippen LogP contribution in [0, 0.1) is 11.6 Å². The number of ether oxygens (including phenoxy) is 3. The fourth-order valence-corrected chi connectivity index (χ4v) is 3.88. The monoisotopic (exact) mass is 634 g/mol. The molecule has 0 unspecified atom stereocenters. The predicted octanol–water partition coefficient (Wildman–Crippen LogP) is 5.11. The first-order chi connectivity index (χ1) is 18.1. The number of β-amino-alcohol motifs (C(OH)–C–C–N with tert-alkyl or cyclic N) is 1. The van der Waals surface area contributed by atoms with E-state index in [2.05, 4.69) is 30.7 Å². The lowest BCUT2D eigenvalue weighted by Gasteiger charge is -2.19. The third-order valence-electron chi connectivity index (χ3n) is 4.99. The minimum absolute atomic E-state index is 0.0638. The van der Waals surface area contributed by atoms with E-state index >= 15 is 0 Å². The summed E-state index contributed by atoms with van der Waals surface area (Å²) in [6.07, 6.45) is -10.3. The second-order valence-electron chi connectivity index (χ2n) is 7.62. The zero-order valence-corrected chi connectivity index (χ0v) is 20.9. The molecule has 0 fully saturated rings. The number of methoxy groups -OCH3 is 1. The number of hydrogen-bond donors (Lipinski definition) is 2. The van der Waals surface area contributed by atoms with Gasteiger partial charge in [0, 0.05) is 12.6 Å². The Balaban J connectivity index is 2.15. The van der Waals surface area contributed by atoms with Crippen LogP contribution in [0.3, 0.4) is 0 Å². The molecule has 0 saturated carbocycles. The van der Waals surface area contributed by atoms with Crippen molar-refractivity contribution in [1.29, 1.82) is 0 Å². The summed E-state index contributed by atoms with van der Waals surface area (Å²) in [4.78, 5) is 26.1. The van der Waals surface area contributed by atoms with E-state index in [0.717, 1.165) is 12.0 Å². The summed E-state index contributed by atoms with van der Waals surface area (Å²) in [6.45, 7) is -1.15. The lowest BCUT2D eigenvalue weighted by Crippen LogP contribution is -2.31. The van der Waals surface area contributed by atoms with Gasteiger partial charge in [-0.2, -0.15) is 13.2 Å². The van der Waals surface area contributed by atoms with Gasteiger partial charge in [-0.25, -0.2) is 13.6 Å². The van der Waals surface area contributed by atoms with E-state index in [0.29, 0.717) is 12.1 Å². The molecule has 0 atom stereocenters. The van der Waals surface area contributed by atoms with Crippen LogP contribution in [0.15, 0.2) is 40.0 Å². The summed E-state index contributed by atoms with van der Waals surface area (Å²) in [5.41, 5.74) is -3.18. The Bertz CT molecular complexity index is 1310. The highest BCUT2D eigenvalue weighted by Crippen LogP contribution is 2.44. The van der Waals surface area contributed by atoms with Crippen LogP contribution >= 0.6 is 15.9 Å². The lowest BCUT2D eigenvalue weighted by atomic mass is 10.2. The minimum atomic E-state index is -5.21. The van der Waals surface area contributed by atoms with E-state index in [1.807, 2.05) is 0 Å². The first-order valence-electron chi connectivity index (χ1n) is 10.4. The van der Waals surface area contributed by atoms with Gasteiger partial charge in [-0.1, -0.05) is 0 Å². The van der Waals surface area contributed by atoms with E-state index < -0.39 is 81.3 Å². The fraction of sp³-hybridized carbons (Fsp3) is 0.273. The fourth-order valence-electron chi connectivity index (χ4n) is 3.36. The number of halogens is 9. The number of alkyl halides is 6. The second-order valence-corrected chi connectivity index (χ2v) is 8.47. The zero-order valence-electron chi connectivity index (χ0n) is 19.3. The molecule has 2 aromatic carbocycles. The maximum Gasteiger partial charge on any atom is 0.573 e. The molecule has 212 valence electrons. The highest BCUT2D eigenvalue weighted by molar-refractivity contribution is 9.10. The van der Waals surface area contributed by atoms with Gasteiger partial charge in [-0.05, 0) is 34.1 Å². The van der Waals surface area contributed by atoms with Crippen molar-refractivity contribution in [3.63, 3.8) is 0 Å². The molecule has 0 aromatic heterocycles. The molecule has 1 amide bonds. The Morgan fingerprint density at radius 1 is 1.08 bits per heavy atom. The van der Waals surface area contributed by atoms with Crippen molar-refractivity contribution in [2.24, 2.45) is 0 Å². The number of benzene rings is 2. The van der Waals surface area contributed by atoms with Crippen molar-refractivity contribution in [2.75, 3.05) is 32.1 Å². The Morgan fingerprint density at radius 2 is 1.69 bits per heavy atom. The van der Waals surface area contributed by atoms with E-state index in [9.17, 15) is 49.8 Å². The van der Waals surface area contributed by atoms with Gasteiger partial charge in [0.25, 0.3) is 5.91 Å². The maximum absolute atomic E-state index is 14.5. The second kappa shape index (κ2) is 11.3. The number of nitrogens with zero attached hydrogens (tertiary/aromatic N) is 1. The first kappa shape index (κ1) is 29.9. The van der Waals surface area contributed by atoms with Crippen LogP contribution in [0.4, 0.5) is 40.8 Å². The van der Waals surface area contributed by atoms with Crippen LogP contribution in [0.5, 0.6) is 17.2 Å². The van der Waals surface area contributed by atoms with Crippen molar-refractivity contribution in [1.82, 2.24) is 4.90 Å². The molecule has 0 aliphatic carbocycles. The SMILES string of the molecule is COC(=O)C1=C(Nc2cc(OC(F)(F)F)cc(Br)c2Oc2c(F)cc(C(F)(F)F)cc2F)C(=O)N(CCO)C1. The number of esters is 1. The van der Waals surface area contributed by atoms with Crippen LogP contribution in [-0.2, 0) is 20.5 Å². The minimum Gasteiger partial charge on any atom is -0.466 e.